The molecular weight excluding hydrogens is 466 g/mol. The molecule has 0 amide bonds. The van der Waals surface area contributed by atoms with Crippen molar-refractivity contribution in [3.05, 3.63) is 63.2 Å². The lowest BCUT2D eigenvalue weighted by Crippen LogP contribution is -2.44. The minimum absolute atomic E-state index is 0.354. The maximum atomic E-state index is 10.6. The molecule has 184 valence electrons. The number of benzene rings is 2. The van der Waals surface area contributed by atoms with Crippen LogP contribution < -0.4 is 4.74 Å². The van der Waals surface area contributed by atoms with Crippen LogP contribution in [0.1, 0.15) is 45.0 Å². The van der Waals surface area contributed by atoms with Crippen molar-refractivity contribution in [2.24, 2.45) is 5.41 Å². The van der Waals surface area contributed by atoms with Gasteiger partial charge in [0, 0.05) is 0 Å². The minimum atomic E-state index is -2.73. The molecule has 1 unspecified atom stereocenters. The largest absolute Gasteiger partial charge is 0.484 e. The van der Waals surface area contributed by atoms with Crippen molar-refractivity contribution in [1.29, 1.82) is 0 Å². The Morgan fingerprint density at radius 1 is 0.727 bits per heavy atom. The van der Waals surface area contributed by atoms with E-state index in [1.54, 1.807) is 0 Å². The molecule has 2 aromatic rings. The number of hydrogen-bond acceptors (Lipinski definition) is 8. The summed E-state index contributed by atoms with van der Waals surface area (Å²) in [6.45, 7) is 10.4. The average molecular weight is 500 g/mol. The van der Waals surface area contributed by atoms with E-state index in [-0.39, 0.29) is 13.2 Å². The summed E-state index contributed by atoms with van der Waals surface area (Å²) < 4.78 is 17.0. The third-order valence-corrected chi connectivity index (χ3v) is 6.90. The first kappa shape index (κ1) is 28.1. The summed E-state index contributed by atoms with van der Waals surface area (Å²) in [5.74, 6) is 0.628. The van der Waals surface area contributed by atoms with Gasteiger partial charge in [0.15, 0.2) is 0 Å². The van der Waals surface area contributed by atoms with E-state index in [4.69, 9.17) is 13.8 Å². The molecule has 0 radical (unpaired) electrons. The van der Waals surface area contributed by atoms with Gasteiger partial charge in [-0.3, -0.25) is 0 Å². The molecule has 0 aliphatic rings. The fraction of sp³-hybridized carbons (Fsp3) is 0.478. The van der Waals surface area contributed by atoms with Gasteiger partial charge in [-0.2, -0.15) is 0 Å². The van der Waals surface area contributed by atoms with E-state index in [1.165, 1.54) is 0 Å². The second kappa shape index (κ2) is 12.0. The topological polar surface area (TPSA) is 129 Å². The number of ether oxygens (including phenoxy) is 1. The number of aliphatic hydroxyl groups is 1. The number of hydrogen-bond donors (Lipinski definition) is 5. The molecule has 0 aliphatic carbocycles. The van der Waals surface area contributed by atoms with E-state index in [9.17, 15) is 24.7 Å². The molecule has 2 rings (SSSR count). The van der Waals surface area contributed by atoms with Crippen molar-refractivity contribution in [3.8, 4) is 5.75 Å². The predicted octanol–water partition coefficient (Wildman–Crippen LogP) is 4.09. The Morgan fingerprint density at radius 2 is 1.18 bits per heavy atom. The molecular formula is C23H34O8P2. The highest BCUT2D eigenvalue weighted by atomic mass is 31.2. The third kappa shape index (κ3) is 6.70. The fourth-order valence-corrected chi connectivity index (χ4v) is 4.58. The lowest BCUT2D eigenvalue weighted by molar-refractivity contribution is -0.0662. The van der Waals surface area contributed by atoms with Gasteiger partial charge < -0.3 is 38.5 Å². The van der Waals surface area contributed by atoms with Crippen molar-refractivity contribution >= 4 is 17.2 Å². The van der Waals surface area contributed by atoms with E-state index in [2.05, 4.69) is 0 Å². The van der Waals surface area contributed by atoms with E-state index >= 15 is 0 Å². The summed E-state index contributed by atoms with van der Waals surface area (Å²) >= 11 is 0. The van der Waals surface area contributed by atoms with Crippen molar-refractivity contribution in [2.45, 2.75) is 47.6 Å². The standard InChI is InChI=1S/C23H34O8P2/c1-14-7-9-16(3)20(18(14)5)22(31-21-17(4)10-8-15(2)19(21)6)23(11-24,12-29-32(25)26)13-30-33(27)28/h7-10,22,24-28H,11-13H2,1-6H3. The summed E-state index contributed by atoms with van der Waals surface area (Å²) in [6, 6.07) is 7.88. The van der Waals surface area contributed by atoms with Gasteiger partial charge in [0.25, 0.3) is 0 Å². The molecule has 33 heavy (non-hydrogen) atoms. The van der Waals surface area contributed by atoms with Gasteiger partial charge in [0.05, 0.1) is 25.2 Å². The van der Waals surface area contributed by atoms with Crippen molar-refractivity contribution in [3.63, 3.8) is 0 Å². The Morgan fingerprint density at radius 3 is 1.67 bits per heavy atom. The molecule has 5 N–H and O–H groups in total. The summed E-state index contributed by atoms with van der Waals surface area (Å²) in [5.41, 5.74) is 5.08. The van der Waals surface area contributed by atoms with Crippen LogP contribution in [0.5, 0.6) is 5.75 Å². The highest BCUT2D eigenvalue weighted by Gasteiger charge is 2.45. The summed E-state index contributed by atoms with van der Waals surface area (Å²) in [4.78, 5) is 37.8. The molecule has 2 aromatic carbocycles. The highest BCUT2D eigenvalue weighted by molar-refractivity contribution is 7.39. The third-order valence-electron chi connectivity index (χ3n) is 6.18. The molecule has 10 heteroatoms. The zero-order valence-corrected chi connectivity index (χ0v) is 21.7. The first-order valence-electron chi connectivity index (χ1n) is 10.5. The summed E-state index contributed by atoms with van der Waals surface area (Å²) in [5, 5.41) is 10.6. The minimum Gasteiger partial charge on any atom is -0.484 e. The van der Waals surface area contributed by atoms with Crippen LogP contribution in [0.3, 0.4) is 0 Å². The predicted molar refractivity (Wildman–Crippen MR) is 129 cm³/mol. The Kier molecular flexibility index (Phi) is 10.2. The average Bonchev–Trinajstić information content (AvgIpc) is 2.76. The van der Waals surface area contributed by atoms with Crippen LogP contribution in [0.25, 0.3) is 0 Å². The van der Waals surface area contributed by atoms with E-state index in [0.29, 0.717) is 5.75 Å². The van der Waals surface area contributed by atoms with Gasteiger partial charge in [-0.25, -0.2) is 0 Å². The van der Waals surface area contributed by atoms with Gasteiger partial charge in [-0.1, -0.05) is 24.3 Å². The molecule has 0 spiro atoms. The van der Waals surface area contributed by atoms with Crippen molar-refractivity contribution in [2.75, 3.05) is 19.8 Å². The Balaban J connectivity index is 2.77. The molecule has 0 aromatic heterocycles. The van der Waals surface area contributed by atoms with Crippen LogP contribution >= 0.6 is 17.2 Å². The molecule has 8 nitrogen and oxygen atoms in total. The number of aryl methyl sites for hydroxylation is 4. The maximum Gasteiger partial charge on any atom is 0.327 e. The SMILES string of the molecule is Cc1ccc(C)c(OC(c2c(C)ccc(C)c2C)C(CO)(COP(O)O)COP(O)O)c1C. The Hall–Kier alpha value is -1.18. The number of rotatable bonds is 11. The van der Waals surface area contributed by atoms with Crippen molar-refractivity contribution in [1.82, 2.24) is 0 Å². The van der Waals surface area contributed by atoms with E-state index in [0.717, 1.165) is 38.9 Å². The Labute approximate surface area is 197 Å². The zero-order chi connectivity index (χ0) is 24.9. The van der Waals surface area contributed by atoms with Crippen LogP contribution in [-0.4, -0.2) is 44.5 Å². The van der Waals surface area contributed by atoms with Crippen LogP contribution in [0.15, 0.2) is 24.3 Å². The van der Waals surface area contributed by atoms with Crippen molar-refractivity contribution < 1.29 is 38.5 Å². The fourth-order valence-electron chi connectivity index (χ4n) is 3.83. The van der Waals surface area contributed by atoms with Crippen LogP contribution in [0, 0.1) is 47.0 Å². The first-order chi connectivity index (χ1) is 15.4. The second-order valence-corrected chi connectivity index (χ2v) is 9.99. The molecule has 0 saturated carbocycles. The highest BCUT2D eigenvalue weighted by Crippen LogP contribution is 2.46. The Bertz CT molecular complexity index is 937. The number of aliphatic hydroxyl groups excluding tert-OH is 1. The summed E-state index contributed by atoms with van der Waals surface area (Å²) in [7, 11) is -5.46. The quantitative estimate of drug-likeness (QED) is 0.292. The summed E-state index contributed by atoms with van der Waals surface area (Å²) in [6.07, 6.45) is -0.869. The lowest BCUT2D eigenvalue weighted by atomic mass is 9.77. The van der Waals surface area contributed by atoms with Gasteiger partial charge in [0.2, 0.25) is 0 Å². The smallest absolute Gasteiger partial charge is 0.327 e. The molecule has 0 saturated heterocycles. The normalized spacial score (nSPS) is 13.1. The van der Waals surface area contributed by atoms with E-state index in [1.807, 2.05) is 65.8 Å². The molecule has 0 fully saturated rings. The van der Waals surface area contributed by atoms with Crippen LogP contribution in [0.4, 0.5) is 0 Å². The molecule has 0 aliphatic heterocycles. The van der Waals surface area contributed by atoms with E-state index < -0.39 is 35.3 Å². The zero-order valence-electron chi connectivity index (χ0n) is 19.9. The van der Waals surface area contributed by atoms with Gasteiger partial charge in [-0.05, 0) is 80.5 Å². The second-order valence-electron chi connectivity index (χ2n) is 8.46. The first-order valence-corrected chi connectivity index (χ1v) is 12.8. The van der Waals surface area contributed by atoms with Gasteiger partial charge in [0.1, 0.15) is 11.9 Å². The molecule has 0 heterocycles. The van der Waals surface area contributed by atoms with Crippen LogP contribution in [-0.2, 0) is 9.05 Å². The molecule has 1 atom stereocenters. The lowest BCUT2D eigenvalue weighted by Gasteiger charge is -2.41. The van der Waals surface area contributed by atoms with Gasteiger partial charge in [-0.15, -0.1) is 0 Å². The maximum absolute atomic E-state index is 10.6. The monoisotopic (exact) mass is 500 g/mol. The molecule has 0 bridgehead atoms. The van der Waals surface area contributed by atoms with Crippen LogP contribution in [0.2, 0.25) is 0 Å². The van der Waals surface area contributed by atoms with Gasteiger partial charge >= 0.3 is 17.2 Å².